The van der Waals surface area contributed by atoms with Gasteiger partial charge in [-0.25, -0.2) is 13.5 Å². The molecule has 0 saturated carbocycles. The molecule has 6 heteroatoms. The summed E-state index contributed by atoms with van der Waals surface area (Å²) < 4.78 is 27.7. The van der Waals surface area contributed by atoms with Crippen molar-refractivity contribution in [3.63, 3.8) is 0 Å². The number of halogens is 2. The van der Waals surface area contributed by atoms with Crippen LogP contribution in [0.1, 0.15) is 29.6 Å². The SMILES string of the molecule is N#Cc1cnn2c1N[C@H](c1ccccc1)C[C@H]2C(F)F. The van der Waals surface area contributed by atoms with Crippen molar-refractivity contribution in [2.24, 2.45) is 0 Å². The predicted octanol–water partition coefficient (Wildman–Crippen LogP) is 3.12. The highest BCUT2D eigenvalue weighted by atomic mass is 19.3. The first kappa shape index (κ1) is 12.6. The fourth-order valence-electron chi connectivity index (χ4n) is 2.52. The van der Waals surface area contributed by atoms with Gasteiger partial charge < -0.3 is 5.32 Å². The van der Waals surface area contributed by atoms with Crippen molar-refractivity contribution < 1.29 is 8.78 Å². The third-order valence-corrected chi connectivity index (χ3v) is 3.51. The van der Waals surface area contributed by atoms with Crippen molar-refractivity contribution in [3.8, 4) is 6.07 Å². The Bertz CT molecular complexity index is 645. The molecule has 4 nitrogen and oxygen atoms in total. The molecule has 2 heterocycles. The average Bonchev–Trinajstić information content (AvgIpc) is 2.89. The Morgan fingerprint density at radius 2 is 2.10 bits per heavy atom. The van der Waals surface area contributed by atoms with Gasteiger partial charge in [0.1, 0.15) is 23.5 Å². The molecule has 0 aliphatic carbocycles. The molecule has 1 aliphatic rings. The number of benzene rings is 1. The van der Waals surface area contributed by atoms with Crippen LogP contribution in [0.4, 0.5) is 14.6 Å². The zero-order valence-corrected chi connectivity index (χ0v) is 10.5. The van der Waals surface area contributed by atoms with E-state index in [0.717, 1.165) is 5.56 Å². The molecular formula is C14H12F2N4. The minimum atomic E-state index is -2.52. The number of nitriles is 1. The number of nitrogens with one attached hydrogen (secondary N) is 1. The van der Waals surface area contributed by atoms with Gasteiger partial charge in [0.15, 0.2) is 0 Å². The molecule has 2 aromatic rings. The smallest absolute Gasteiger partial charge is 0.260 e. The summed E-state index contributed by atoms with van der Waals surface area (Å²) in [5, 5.41) is 16.1. The van der Waals surface area contributed by atoms with E-state index in [2.05, 4.69) is 10.4 Å². The second kappa shape index (κ2) is 4.93. The quantitative estimate of drug-likeness (QED) is 0.915. The summed E-state index contributed by atoms with van der Waals surface area (Å²) in [6.45, 7) is 0. The molecule has 3 rings (SSSR count). The van der Waals surface area contributed by atoms with Crippen LogP contribution in [-0.4, -0.2) is 16.2 Å². The van der Waals surface area contributed by atoms with Crippen LogP contribution < -0.4 is 5.32 Å². The number of hydrogen-bond acceptors (Lipinski definition) is 3. The second-order valence-corrected chi connectivity index (χ2v) is 4.71. The maximum Gasteiger partial charge on any atom is 0.260 e. The standard InChI is InChI=1S/C14H12F2N4/c15-13(16)12-6-11(9-4-2-1-3-5-9)19-14-10(7-17)8-18-20(12)14/h1-5,8,11-13,19H,6H2/t11-,12-/m0/s1. The molecule has 0 amide bonds. The number of aromatic nitrogens is 2. The third kappa shape index (κ3) is 2.01. The average molecular weight is 274 g/mol. The van der Waals surface area contributed by atoms with Gasteiger partial charge >= 0.3 is 0 Å². The topological polar surface area (TPSA) is 53.6 Å². The van der Waals surface area contributed by atoms with Crippen molar-refractivity contribution in [2.75, 3.05) is 5.32 Å². The summed E-state index contributed by atoms with van der Waals surface area (Å²) in [6, 6.07) is 10.1. The Balaban J connectivity index is 2.02. The lowest BCUT2D eigenvalue weighted by atomic mass is 9.97. The lowest BCUT2D eigenvalue weighted by Gasteiger charge is -2.32. The highest BCUT2D eigenvalue weighted by molar-refractivity contribution is 5.54. The Kier molecular flexibility index (Phi) is 3.11. The largest absolute Gasteiger partial charge is 0.362 e. The van der Waals surface area contributed by atoms with Gasteiger partial charge in [-0.05, 0) is 12.0 Å². The Morgan fingerprint density at radius 1 is 1.35 bits per heavy atom. The van der Waals surface area contributed by atoms with Gasteiger partial charge in [-0.3, -0.25) is 0 Å². The number of rotatable bonds is 2. The summed E-state index contributed by atoms with van der Waals surface area (Å²) in [4.78, 5) is 0. The van der Waals surface area contributed by atoms with Crippen LogP contribution in [0.2, 0.25) is 0 Å². The van der Waals surface area contributed by atoms with Gasteiger partial charge in [-0.15, -0.1) is 0 Å². The van der Waals surface area contributed by atoms with Crippen LogP contribution in [0.25, 0.3) is 0 Å². The van der Waals surface area contributed by atoms with Gasteiger partial charge in [0.2, 0.25) is 0 Å². The van der Waals surface area contributed by atoms with Crippen LogP contribution >= 0.6 is 0 Å². The molecule has 1 aliphatic heterocycles. The predicted molar refractivity (Wildman–Crippen MR) is 69.4 cm³/mol. The van der Waals surface area contributed by atoms with Crippen LogP contribution in [0.3, 0.4) is 0 Å². The highest BCUT2D eigenvalue weighted by Crippen LogP contribution is 2.38. The van der Waals surface area contributed by atoms with E-state index < -0.39 is 12.5 Å². The van der Waals surface area contributed by atoms with E-state index in [1.165, 1.54) is 10.9 Å². The lowest BCUT2D eigenvalue weighted by Crippen LogP contribution is -2.31. The zero-order chi connectivity index (χ0) is 14.1. The molecule has 0 bridgehead atoms. The van der Waals surface area contributed by atoms with Gasteiger partial charge in [-0.1, -0.05) is 30.3 Å². The van der Waals surface area contributed by atoms with Crippen LogP contribution in [0.15, 0.2) is 36.5 Å². The van der Waals surface area contributed by atoms with Crippen LogP contribution in [0, 0.1) is 11.3 Å². The maximum atomic E-state index is 13.2. The Labute approximate surface area is 114 Å². The summed E-state index contributed by atoms with van der Waals surface area (Å²) in [7, 11) is 0. The van der Waals surface area contributed by atoms with Crippen molar-refractivity contribution in [2.45, 2.75) is 24.9 Å². The summed E-state index contributed by atoms with van der Waals surface area (Å²) in [5.74, 6) is 0.373. The first-order valence-electron chi connectivity index (χ1n) is 6.28. The van der Waals surface area contributed by atoms with Gasteiger partial charge in [0.05, 0.1) is 12.2 Å². The molecule has 102 valence electrons. The fourth-order valence-corrected chi connectivity index (χ4v) is 2.52. The van der Waals surface area contributed by atoms with Crippen LogP contribution in [-0.2, 0) is 0 Å². The first-order valence-corrected chi connectivity index (χ1v) is 6.28. The zero-order valence-electron chi connectivity index (χ0n) is 10.5. The number of hydrogen-bond donors (Lipinski definition) is 1. The Hall–Kier alpha value is -2.42. The summed E-state index contributed by atoms with van der Waals surface area (Å²) in [5.41, 5.74) is 1.21. The van der Waals surface area contributed by atoms with E-state index in [0.29, 0.717) is 5.82 Å². The second-order valence-electron chi connectivity index (χ2n) is 4.71. The molecular weight excluding hydrogens is 262 g/mol. The number of alkyl halides is 2. The molecule has 1 aromatic carbocycles. The summed E-state index contributed by atoms with van der Waals surface area (Å²) >= 11 is 0. The molecule has 0 radical (unpaired) electrons. The minimum absolute atomic E-state index is 0.237. The van der Waals surface area contributed by atoms with E-state index in [-0.39, 0.29) is 18.0 Å². The number of anilines is 1. The van der Waals surface area contributed by atoms with Crippen molar-refractivity contribution >= 4 is 5.82 Å². The first-order chi connectivity index (χ1) is 9.70. The van der Waals surface area contributed by atoms with Crippen LogP contribution in [0.5, 0.6) is 0 Å². The van der Waals surface area contributed by atoms with Crippen molar-refractivity contribution in [3.05, 3.63) is 47.7 Å². The van der Waals surface area contributed by atoms with Gasteiger partial charge in [-0.2, -0.15) is 10.4 Å². The van der Waals surface area contributed by atoms with E-state index in [1.807, 2.05) is 36.4 Å². The number of nitrogens with zero attached hydrogens (tertiary/aromatic N) is 3. The molecule has 2 atom stereocenters. The monoisotopic (exact) mass is 274 g/mol. The minimum Gasteiger partial charge on any atom is -0.362 e. The van der Waals surface area contributed by atoms with Crippen molar-refractivity contribution in [1.82, 2.24) is 9.78 Å². The molecule has 1 aromatic heterocycles. The summed E-state index contributed by atoms with van der Waals surface area (Å²) in [6.07, 6.45) is -0.958. The van der Waals surface area contributed by atoms with Gasteiger partial charge in [0.25, 0.3) is 6.43 Å². The molecule has 0 spiro atoms. The molecule has 0 unspecified atom stereocenters. The van der Waals surface area contributed by atoms with Crippen molar-refractivity contribution in [1.29, 1.82) is 5.26 Å². The molecule has 0 fully saturated rings. The van der Waals surface area contributed by atoms with Gasteiger partial charge in [0, 0.05) is 0 Å². The number of fused-ring (bicyclic) bond motifs is 1. The van der Waals surface area contributed by atoms with E-state index in [9.17, 15) is 8.78 Å². The maximum absolute atomic E-state index is 13.2. The fraction of sp³-hybridized carbons (Fsp3) is 0.286. The lowest BCUT2D eigenvalue weighted by molar-refractivity contribution is 0.0658. The van der Waals surface area contributed by atoms with E-state index in [1.54, 1.807) is 0 Å². The Morgan fingerprint density at radius 3 is 2.75 bits per heavy atom. The molecule has 1 N–H and O–H groups in total. The highest BCUT2D eigenvalue weighted by Gasteiger charge is 2.35. The van der Waals surface area contributed by atoms with E-state index >= 15 is 0 Å². The van der Waals surface area contributed by atoms with E-state index in [4.69, 9.17) is 5.26 Å². The normalized spacial score (nSPS) is 21.1. The molecule has 20 heavy (non-hydrogen) atoms. The third-order valence-electron chi connectivity index (χ3n) is 3.51. The molecule has 0 saturated heterocycles.